The van der Waals surface area contributed by atoms with Crippen molar-refractivity contribution in [2.75, 3.05) is 7.05 Å². The number of benzene rings is 3. The number of hydrogen-bond acceptors (Lipinski definition) is 5. The fourth-order valence-corrected chi connectivity index (χ4v) is 5.72. The molecule has 0 saturated carbocycles. The quantitative estimate of drug-likeness (QED) is 0.294. The smallest absolute Gasteiger partial charge is 0.335 e. The van der Waals surface area contributed by atoms with Crippen LogP contribution in [0.15, 0.2) is 71.6 Å². The molecule has 0 aliphatic rings. The van der Waals surface area contributed by atoms with Crippen LogP contribution in [0.2, 0.25) is 10.0 Å². The van der Waals surface area contributed by atoms with Gasteiger partial charge in [0.15, 0.2) is 0 Å². The van der Waals surface area contributed by atoms with E-state index in [9.17, 15) is 18.3 Å². The van der Waals surface area contributed by atoms with Gasteiger partial charge in [0.25, 0.3) is 0 Å². The summed E-state index contributed by atoms with van der Waals surface area (Å²) in [5, 5.41) is 10.3. The third-order valence-electron chi connectivity index (χ3n) is 5.61. The number of pyridine rings is 1. The average molecular weight is 545 g/mol. The van der Waals surface area contributed by atoms with Crippen LogP contribution in [0.3, 0.4) is 0 Å². The van der Waals surface area contributed by atoms with Gasteiger partial charge in [-0.25, -0.2) is 18.2 Å². The van der Waals surface area contributed by atoms with E-state index >= 15 is 0 Å². The van der Waals surface area contributed by atoms with Crippen molar-refractivity contribution in [3.8, 4) is 5.75 Å². The minimum atomic E-state index is -4.04. The lowest BCUT2D eigenvalue weighted by Gasteiger charge is -2.20. The highest BCUT2D eigenvalue weighted by Crippen LogP contribution is 2.34. The zero-order chi connectivity index (χ0) is 26.0. The standard InChI is InChI=1S/C26H22Cl2N2O5S/c1-16-9-10-18-6-4-8-22(25(18)29-16)35-15-20-21(27)11-12-23(24(20)28)36(33,34)30(2)14-17-5-3-7-19(13-17)26(31)32/h3-13H,14-15H2,1-2H3,(H,31,32). The second-order valence-corrected chi connectivity index (χ2v) is 11.0. The number of aromatic carboxylic acids is 1. The molecule has 36 heavy (non-hydrogen) atoms. The molecule has 0 atom stereocenters. The molecule has 1 heterocycles. The van der Waals surface area contributed by atoms with Crippen LogP contribution in [0.5, 0.6) is 5.75 Å². The van der Waals surface area contributed by atoms with Crippen LogP contribution in [0, 0.1) is 6.92 Å². The van der Waals surface area contributed by atoms with Crippen molar-refractivity contribution < 1.29 is 23.1 Å². The number of carbonyl (C=O) groups is 1. The number of carboxylic acid groups (broad SMARTS) is 1. The van der Waals surface area contributed by atoms with E-state index in [0.717, 1.165) is 15.4 Å². The van der Waals surface area contributed by atoms with Gasteiger partial charge in [0, 0.05) is 35.3 Å². The summed E-state index contributed by atoms with van der Waals surface area (Å²) in [6.45, 7) is 1.77. The number of carboxylic acids is 1. The van der Waals surface area contributed by atoms with Gasteiger partial charge >= 0.3 is 5.97 Å². The van der Waals surface area contributed by atoms with Crippen molar-refractivity contribution in [3.05, 3.63) is 99.2 Å². The minimum absolute atomic E-state index is 0.0435. The number of nitrogens with zero attached hydrogens (tertiary/aromatic N) is 2. The summed E-state index contributed by atoms with van der Waals surface area (Å²) in [4.78, 5) is 15.7. The maximum atomic E-state index is 13.4. The van der Waals surface area contributed by atoms with E-state index in [-0.39, 0.29) is 33.7 Å². The molecule has 4 rings (SSSR count). The fraction of sp³-hybridized carbons (Fsp3) is 0.154. The Labute approximate surface area is 218 Å². The van der Waals surface area contributed by atoms with Crippen LogP contribution in [0.4, 0.5) is 0 Å². The van der Waals surface area contributed by atoms with Crippen LogP contribution < -0.4 is 4.74 Å². The molecular weight excluding hydrogens is 523 g/mol. The number of fused-ring (bicyclic) bond motifs is 1. The summed E-state index contributed by atoms with van der Waals surface area (Å²) in [7, 11) is -2.64. The van der Waals surface area contributed by atoms with E-state index in [0.29, 0.717) is 22.4 Å². The van der Waals surface area contributed by atoms with Crippen LogP contribution in [-0.4, -0.2) is 35.8 Å². The first-order valence-corrected chi connectivity index (χ1v) is 13.0. The molecular formula is C26H22Cl2N2O5S. The molecule has 4 aromatic rings. The van der Waals surface area contributed by atoms with Crippen molar-refractivity contribution in [1.29, 1.82) is 0 Å². The third kappa shape index (κ3) is 5.32. The Morgan fingerprint density at radius 2 is 1.81 bits per heavy atom. The van der Waals surface area contributed by atoms with Gasteiger partial charge in [-0.1, -0.05) is 53.5 Å². The maximum Gasteiger partial charge on any atom is 0.335 e. The Morgan fingerprint density at radius 1 is 1.06 bits per heavy atom. The molecule has 0 aliphatic carbocycles. The minimum Gasteiger partial charge on any atom is -0.487 e. The third-order valence-corrected chi connectivity index (χ3v) is 8.36. The highest BCUT2D eigenvalue weighted by molar-refractivity contribution is 7.89. The monoisotopic (exact) mass is 544 g/mol. The molecule has 0 spiro atoms. The molecule has 0 unspecified atom stereocenters. The predicted octanol–water partition coefficient (Wildman–Crippen LogP) is 5.95. The Hall–Kier alpha value is -3.17. The highest BCUT2D eigenvalue weighted by atomic mass is 35.5. The van der Waals surface area contributed by atoms with Gasteiger partial charge in [-0.15, -0.1) is 0 Å². The number of ether oxygens (including phenoxy) is 1. The van der Waals surface area contributed by atoms with Crippen LogP contribution in [0.25, 0.3) is 10.9 Å². The van der Waals surface area contributed by atoms with E-state index in [1.807, 2.05) is 31.2 Å². The summed E-state index contributed by atoms with van der Waals surface area (Å²) >= 11 is 12.9. The molecule has 1 aromatic heterocycles. The van der Waals surface area contributed by atoms with E-state index in [1.54, 1.807) is 18.2 Å². The first-order chi connectivity index (χ1) is 17.1. The van der Waals surface area contributed by atoms with Crippen molar-refractivity contribution >= 4 is 50.1 Å². The van der Waals surface area contributed by atoms with E-state index in [1.165, 1.54) is 31.3 Å². The summed E-state index contributed by atoms with van der Waals surface area (Å²) in [5.74, 6) is -0.573. The maximum absolute atomic E-state index is 13.4. The summed E-state index contributed by atoms with van der Waals surface area (Å²) < 4.78 is 33.8. The van der Waals surface area contributed by atoms with Gasteiger partial charge in [0.2, 0.25) is 10.0 Å². The number of aryl methyl sites for hydroxylation is 1. The largest absolute Gasteiger partial charge is 0.487 e. The Kier molecular flexibility index (Phi) is 7.51. The van der Waals surface area contributed by atoms with Gasteiger partial charge < -0.3 is 9.84 Å². The molecule has 0 aliphatic heterocycles. The Morgan fingerprint density at radius 3 is 2.56 bits per heavy atom. The molecule has 0 radical (unpaired) electrons. The SMILES string of the molecule is Cc1ccc2cccc(OCc3c(Cl)ccc(S(=O)(=O)N(C)Cc4cccc(C(=O)O)c4)c3Cl)c2n1. The molecule has 0 saturated heterocycles. The molecule has 186 valence electrons. The van der Waals surface area contributed by atoms with Crippen LogP contribution in [-0.2, 0) is 23.2 Å². The lowest BCUT2D eigenvalue weighted by atomic mass is 10.1. The number of halogens is 2. The number of hydrogen-bond donors (Lipinski definition) is 1. The first-order valence-electron chi connectivity index (χ1n) is 10.8. The van der Waals surface area contributed by atoms with Crippen LogP contribution >= 0.6 is 23.2 Å². The lowest BCUT2D eigenvalue weighted by Crippen LogP contribution is -2.27. The molecule has 1 N–H and O–H groups in total. The molecule has 0 fully saturated rings. The molecule has 3 aromatic carbocycles. The van der Waals surface area contributed by atoms with Gasteiger partial charge in [-0.05, 0) is 48.9 Å². The van der Waals surface area contributed by atoms with E-state index < -0.39 is 16.0 Å². The lowest BCUT2D eigenvalue weighted by molar-refractivity contribution is 0.0696. The number of para-hydroxylation sites is 1. The van der Waals surface area contributed by atoms with Crippen molar-refractivity contribution in [2.24, 2.45) is 0 Å². The molecule has 0 amide bonds. The van der Waals surface area contributed by atoms with Gasteiger partial charge in [0.05, 0.1) is 10.6 Å². The summed E-state index contributed by atoms with van der Waals surface area (Å²) in [6.07, 6.45) is 0. The first kappa shape index (κ1) is 25.9. The normalized spacial score (nSPS) is 11.7. The van der Waals surface area contributed by atoms with Gasteiger partial charge in [0.1, 0.15) is 22.8 Å². The zero-order valence-corrected chi connectivity index (χ0v) is 21.7. The highest BCUT2D eigenvalue weighted by Gasteiger charge is 2.26. The predicted molar refractivity (Wildman–Crippen MR) is 139 cm³/mol. The molecule has 0 bridgehead atoms. The topological polar surface area (TPSA) is 96.8 Å². The van der Waals surface area contributed by atoms with E-state index in [2.05, 4.69) is 4.98 Å². The number of rotatable bonds is 8. The van der Waals surface area contributed by atoms with E-state index in [4.69, 9.17) is 27.9 Å². The van der Waals surface area contributed by atoms with Crippen molar-refractivity contribution in [3.63, 3.8) is 0 Å². The Balaban J connectivity index is 1.61. The molecule has 10 heteroatoms. The fourth-order valence-electron chi connectivity index (χ4n) is 3.70. The number of aromatic nitrogens is 1. The van der Waals surface area contributed by atoms with Gasteiger partial charge in [-0.2, -0.15) is 4.31 Å². The van der Waals surface area contributed by atoms with Gasteiger partial charge in [-0.3, -0.25) is 0 Å². The second kappa shape index (κ2) is 10.4. The zero-order valence-electron chi connectivity index (χ0n) is 19.4. The van der Waals surface area contributed by atoms with Crippen LogP contribution in [0.1, 0.15) is 27.2 Å². The second-order valence-electron chi connectivity index (χ2n) is 8.17. The van der Waals surface area contributed by atoms with Crippen molar-refractivity contribution in [2.45, 2.75) is 25.0 Å². The summed E-state index contributed by atoms with van der Waals surface area (Å²) in [5.41, 5.74) is 2.43. The average Bonchev–Trinajstić information content (AvgIpc) is 2.84. The number of sulfonamides is 1. The molecule has 7 nitrogen and oxygen atoms in total. The summed E-state index contributed by atoms with van der Waals surface area (Å²) in [6, 6.07) is 18.3. The van der Waals surface area contributed by atoms with Crippen molar-refractivity contribution in [1.82, 2.24) is 9.29 Å². The Bertz CT molecular complexity index is 1570.